The van der Waals surface area contributed by atoms with Gasteiger partial charge < -0.3 is 5.32 Å². The van der Waals surface area contributed by atoms with Crippen LogP contribution in [0.5, 0.6) is 0 Å². The highest BCUT2D eigenvalue weighted by atomic mass is 32.2. The van der Waals surface area contributed by atoms with Gasteiger partial charge in [-0.1, -0.05) is 0 Å². The third-order valence-corrected chi connectivity index (χ3v) is 6.83. The molecule has 2 N–H and O–H groups in total. The molecule has 2 aliphatic carbocycles. The zero-order valence-corrected chi connectivity index (χ0v) is 12.2. The number of nitrogens with one attached hydrogen (secondary N) is 2. The lowest BCUT2D eigenvalue weighted by atomic mass is 10.4. The van der Waals surface area contributed by atoms with Crippen molar-refractivity contribution in [2.45, 2.75) is 48.6 Å². The van der Waals surface area contributed by atoms with E-state index in [1.807, 2.05) is 0 Å². The Balaban J connectivity index is 1.75. The number of hydrogen-bond donors (Lipinski definition) is 2. The molecule has 0 heterocycles. The van der Waals surface area contributed by atoms with Crippen LogP contribution in [-0.2, 0) is 10.0 Å². The van der Waals surface area contributed by atoms with Gasteiger partial charge in [-0.25, -0.2) is 13.1 Å². The van der Waals surface area contributed by atoms with Crippen molar-refractivity contribution < 1.29 is 8.42 Å². The van der Waals surface area contributed by atoms with Gasteiger partial charge in [0.25, 0.3) is 0 Å². The van der Waals surface area contributed by atoms with E-state index in [2.05, 4.69) is 16.3 Å². The van der Waals surface area contributed by atoms with E-state index in [4.69, 9.17) is 0 Å². The van der Waals surface area contributed by atoms with Gasteiger partial charge >= 0.3 is 0 Å². The van der Waals surface area contributed by atoms with Crippen LogP contribution in [0, 0.1) is 0 Å². The van der Waals surface area contributed by atoms with Gasteiger partial charge in [-0.3, -0.25) is 0 Å². The molecule has 0 saturated heterocycles. The Labute approximate surface area is 108 Å². The van der Waals surface area contributed by atoms with Crippen LogP contribution in [0.3, 0.4) is 0 Å². The first-order valence-electron chi connectivity index (χ1n) is 6.24. The molecular formula is C11H22N2O2S2. The molecule has 1 atom stereocenters. The van der Waals surface area contributed by atoms with E-state index in [9.17, 15) is 8.42 Å². The highest BCUT2D eigenvalue weighted by molar-refractivity contribution is 8.00. The lowest BCUT2D eigenvalue weighted by molar-refractivity contribution is 0.555. The molecule has 6 heteroatoms. The highest BCUT2D eigenvalue weighted by Gasteiger charge is 2.42. The van der Waals surface area contributed by atoms with Gasteiger partial charge in [0.2, 0.25) is 10.0 Å². The molecule has 0 aromatic heterocycles. The minimum atomic E-state index is -3.16. The summed E-state index contributed by atoms with van der Waals surface area (Å²) in [6.45, 7) is 2.92. The summed E-state index contributed by atoms with van der Waals surface area (Å²) in [5.74, 6) is 0. The summed E-state index contributed by atoms with van der Waals surface area (Å²) in [4.78, 5) is 0. The Morgan fingerprint density at radius 2 is 2.06 bits per heavy atom. The molecule has 1 unspecified atom stereocenters. The fraction of sp³-hybridized carbons (Fsp3) is 1.00. The number of rotatable bonds is 8. The molecule has 2 saturated carbocycles. The van der Waals surface area contributed by atoms with Crippen LogP contribution in [0.2, 0.25) is 0 Å². The van der Waals surface area contributed by atoms with Gasteiger partial charge in [0.05, 0.1) is 5.25 Å². The molecule has 0 radical (unpaired) electrons. The number of thioether (sulfide) groups is 1. The molecule has 2 fully saturated rings. The first-order chi connectivity index (χ1) is 7.97. The first-order valence-corrected chi connectivity index (χ1v) is 9.02. The maximum atomic E-state index is 12.0. The molecule has 17 heavy (non-hydrogen) atoms. The fourth-order valence-electron chi connectivity index (χ4n) is 1.70. The molecule has 2 rings (SSSR count). The lowest BCUT2D eigenvalue weighted by Crippen LogP contribution is -2.42. The Bertz CT molecular complexity index is 362. The van der Waals surface area contributed by atoms with E-state index in [1.54, 1.807) is 18.7 Å². The van der Waals surface area contributed by atoms with Crippen molar-refractivity contribution in [2.75, 3.05) is 19.3 Å². The summed E-state index contributed by atoms with van der Waals surface area (Å²) in [7, 11) is -3.16. The maximum absolute atomic E-state index is 12.0. The minimum absolute atomic E-state index is 0.191. The summed E-state index contributed by atoms with van der Waals surface area (Å²) in [5, 5.41) is 2.92. The van der Waals surface area contributed by atoms with Gasteiger partial charge in [0.1, 0.15) is 0 Å². The van der Waals surface area contributed by atoms with Crippen molar-refractivity contribution in [2.24, 2.45) is 0 Å². The predicted molar refractivity (Wildman–Crippen MR) is 72.9 cm³/mol. The second-order valence-corrected chi connectivity index (χ2v) is 8.70. The third kappa shape index (κ3) is 3.84. The Morgan fingerprint density at radius 3 is 2.53 bits per heavy atom. The molecule has 0 aromatic rings. The fourth-order valence-corrected chi connectivity index (χ4v) is 3.59. The van der Waals surface area contributed by atoms with Crippen LogP contribution in [0.15, 0.2) is 0 Å². The summed E-state index contributed by atoms with van der Waals surface area (Å²) in [6, 6.07) is 0.564. The molecule has 0 spiro atoms. The van der Waals surface area contributed by atoms with E-state index < -0.39 is 10.0 Å². The zero-order chi connectivity index (χ0) is 12.5. The maximum Gasteiger partial charge on any atom is 0.215 e. The summed E-state index contributed by atoms with van der Waals surface area (Å²) in [5.41, 5.74) is 0. The minimum Gasteiger partial charge on any atom is -0.313 e. The average molecular weight is 278 g/mol. The van der Waals surface area contributed by atoms with Crippen molar-refractivity contribution in [3.63, 3.8) is 0 Å². The molecule has 4 nitrogen and oxygen atoms in total. The molecule has 0 aromatic carbocycles. The first kappa shape index (κ1) is 13.6. The molecule has 0 bridgehead atoms. The standard InChI is InChI=1S/C11H22N2O2S2/c1-9(7-12-10-3-4-10)17(14,15)13-8-11(16-2)5-6-11/h9-10,12-13H,3-8H2,1-2H3. The number of hydrogen-bond acceptors (Lipinski definition) is 4. The second kappa shape index (κ2) is 5.07. The van der Waals surface area contributed by atoms with Crippen LogP contribution in [0.4, 0.5) is 0 Å². The zero-order valence-electron chi connectivity index (χ0n) is 10.5. The molecular weight excluding hydrogens is 256 g/mol. The Morgan fingerprint density at radius 1 is 1.41 bits per heavy atom. The van der Waals surface area contributed by atoms with E-state index >= 15 is 0 Å². The van der Waals surface area contributed by atoms with Gasteiger partial charge in [0, 0.05) is 23.9 Å². The topological polar surface area (TPSA) is 58.2 Å². The molecule has 2 aliphatic rings. The Kier molecular flexibility index (Phi) is 4.07. The van der Waals surface area contributed by atoms with Gasteiger partial charge in [-0.2, -0.15) is 11.8 Å². The van der Waals surface area contributed by atoms with Crippen molar-refractivity contribution in [3.8, 4) is 0 Å². The van der Waals surface area contributed by atoms with Gasteiger partial charge in [-0.05, 0) is 38.9 Å². The summed E-state index contributed by atoms with van der Waals surface area (Å²) >= 11 is 1.78. The van der Waals surface area contributed by atoms with Crippen LogP contribution < -0.4 is 10.0 Å². The van der Waals surface area contributed by atoms with Crippen molar-refractivity contribution in [1.29, 1.82) is 0 Å². The molecule has 100 valence electrons. The normalized spacial score (nSPS) is 24.6. The SMILES string of the molecule is CSC1(CNS(=O)(=O)C(C)CNC2CC2)CC1. The van der Waals surface area contributed by atoms with Crippen molar-refractivity contribution in [3.05, 3.63) is 0 Å². The van der Waals surface area contributed by atoms with Crippen molar-refractivity contribution >= 4 is 21.8 Å². The van der Waals surface area contributed by atoms with Gasteiger partial charge in [-0.15, -0.1) is 0 Å². The van der Waals surface area contributed by atoms with Crippen LogP contribution in [0.1, 0.15) is 32.6 Å². The van der Waals surface area contributed by atoms with E-state index in [1.165, 1.54) is 12.8 Å². The van der Waals surface area contributed by atoms with E-state index in [0.29, 0.717) is 19.1 Å². The van der Waals surface area contributed by atoms with E-state index in [0.717, 1.165) is 12.8 Å². The Hall–Kier alpha value is 0.220. The van der Waals surface area contributed by atoms with Crippen LogP contribution in [-0.4, -0.2) is 43.8 Å². The average Bonchev–Trinajstić information content (AvgIpc) is 3.17. The smallest absolute Gasteiger partial charge is 0.215 e. The molecule has 0 aliphatic heterocycles. The van der Waals surface area contributed by atoms with Crippen molar-refractivity contribution in [1.82, 2.24) is 10.0 Å². The van der Waals surface area contributed by atoms with Crippen LogP contribution in [0.25, 0.3) is 0 Å². The number of sulfonamides is 1. The van der Waals surface area contributed by atoms with Gasteiger partial charge in [0.15, 0.2) is 0 Å². The highest BCUT2D eigenvalue weighted by Crippen LogP contribution is 2.46. The third-order valence-electron chi connectivity index (χ3n) is 3.64. The largest absolute Gasteiger partial charge is 0.313 e. The molecule has 0 amide bonds. The monoisotopic (exact) mass is 278 g/mol. The second-order valence-electron chi connectivity index (χ2n) is 5.25. The van der Waals surface area contributed by atoms with Crippen LogP contribution >= 0.6 is 11.8 Å². The quantitative estimate of drug-likeness (QED) is 0.694. The summed E-state index contributed by atoms with van der Waals surface area (Å²) in [6.07, 6.45) is 6.70. The lowest BCUT2D eigenvalue weighted by Gasteiger charge is -2.17. The summed E-state index contributed by atoms with van der Waals surface area (Å²) < 4.78 is 26.9. The van der Waals surface area contributed by atoms with E-state index in [-0.39, 0.29) is 10.00 Å². The predicted octanol–water partition coefficient (Wildman–Crippen LogP) is 0.942.